The zero-order valence-electron chi connectivity index (χ0n) is 16.1. The molecule has 1 aliphatic rings. The minimum atomic E-state index is -0.0919. The molecule has 1 amide bonds. The highest BCUT2D eigenvalue weighted by molar-refractivity contribution is 5.79. The van der Waals surface area contributed by atoms with Crippen LogP contribution in [0.3, 0.4) is 0 Å². The maximum atomic E-state index is 12.9. The molecule has 140 valence electrons. The van der Waals surface area contributed by atoms with Crippen LogP contribution in [0.15, 0.2) is 43.0 Å². The molecule has 0 bridgehead atoms. The van der Waals surface area contributed by atoms with E-state index in [0.29, 0.717) is 17.9 Å². The number of nitrogens with zero attached hydrogens (tertiary/aromatic N) is 3. The summed E-state index contributed by atoms with van der Waals surface area (Å²) in [5, 5.41) is 7.46. The van der Waals surface area contributed by atoms with Crippen LogP contribution < -0.4 is 5.32 Å². The monoisotopic (exact) mass is 354 g/mol. The quantitative estimate of drug-likeness (QED) is 0.883. The molecule has 1 heterocycles. The van der Waals surface area contributed by atoms with Gasteiger partial charge in [0.2, 0.25) is 5.91 Å². The second kappa shape index (κ2) is 8.02. The molecule has 1 aromatic heterocycles. The van der Waals surface area contributed by atoms with Gasteiger partial charge < -0.3 is 5.32 Å². The standard InChI is InChI=1S/C21H30N4O/c1-21(2,3)18-11-9-17(10-12-18)20(26)24-19(13-25-15-22-14-23-25)16-7-5-4-6-8-16/h4-8,14-15,17-19H,9-13H2,1-3H3,(H,24,26). The Morgan fingerprint density at radius 1 is 1.19 bits per heavy atom. The molecule has 3 rings (SSSR count). The maximum absolute atomic E-state index is 12.9. The summed E-state index contributed by atoms with van der Waals surface area (Å²) in [7, 11) is 0. The lowest BCUT2D eigenvalue weighted by Gasteiger charge is -2.36. The lowest BCUT2D eigenvalue weighted by atomic mass is 9.69. The van der Waals surface area contributed by atoms with Gasteiger partial charge in [0, 0.05) is 5.92 Å². The summed E-state index contributed by atoms with van der Waals surface area (Å²) in [5.41, 5.74) is 1.43. The topological polar surface area (TPSA) is 59.8 Å². The highest BCUT2D eigenvalue weighted by Crippen LogP contribution is 2.40. The predicted octanol–water partition coefficient (Wildman–Crippen LogP) is 3.99. The van der Waals surface area contributed by atoms with Gasteiger partial charge in [-0.2, -0.15) is 5.10 Å². The van der Waals surface area contributed by atoms with Crippen LogP contribution in [0, 0.1) is 17.3 Å². The zero-order valence-corrected chi connectivity index (χ0v) is 16.1. The highest BCUT2D eigenvalue weighted by Gasteiger charge is 2.33. The molecule has 1 saturated carbocycles. The number of hydrogen-bond donors (Lipinski definition) is 1. The number of nitrogens with one attached hydrogen (secondary N) is 1. The van der Waals surface area contributed by atoms with Crippen LogP contribution >= 0.6 is 0 Å². The summed E-state index contributed by atoms with van der Waals surface area (Å²) in [6.07, 6.45) is 7.47. The Hall–Kier alpha value is -2.17. The summed E-state index contributed by atoms with van der Waals surface area (Å²) in [5.74, 6) is 1.01. The Kier molecular flexibility index (Phi) is 5.74. The van der Waals surface area contributed by atoms with E-state index >= 15 is 0 Å². The Morgan fingerprint density at radius 2 is 1.88 bits per heavy atom. The van der Waals surface area contributed by atoms with Crippen LogP contribution in [0.2, 0.25) is 0 Å². The van der Waals surface area contributed by atoms with Crippen molar-refractivity contribution in [3.05, 3.63) is 48.5 Å². The van der Waals surface area contributed by atoms with Crippen LogP contribution in [0.5, 0.6) is 0 Å². The van der Waals surface area contributed by atoms with Gasteiger partial charge in [0.15, 0.2) is 0 Å². The molecule has 0 aliphatic heterocycles. The molecular formula is C21H30N4O. The molecule has 26 heavy (non-hydrogen) atoms. The molecule has 0 saturated heterocycles. The largest absolute Gasteiger partial charge is 0.347 e. The molecule has 2 aromatic rings. The van der Waals surface area contributed by atoms with Crippen LogP contribution in [0.1, 0.15) is 58.1 Å². The minimum Gasteiger partial charge on any atom is -0.347 e. The van der Waals surface area contributed by atoms with E-state index in [9.17, 15) is 4.79 Å². The molecule has 5 heteroatoms. The molecular weight excluding hydrogens is 324 g/mol. The van der Waals surface area contributed by atoms with Gasteiger partial charge >= 0.3 is 0 Å². The van der Waals surface area contributed by atoms with E-state index in [1.165, 1.54) is 6.33 Å². The molecule has 1 atom stereocenters. The first-order valence-corrected chi connectivity index (χ1v) is 9.61. The average molecular weight is 354 g/mol. The van der Waals surface area contributed by atoms with Gasteiger partial charge in [-0.25, -0.2) is 4.98 Å². The number of aromatic nitrogens is 3. The zero-order chi connectivity index (χ0) is 18.6. The van der Waals surface area contributed by atoms with Crippen molar-refractivity contribution in [3.8, 4) is 0 Å². The Labute approximate surface area is 156 Å². The van der Waals surface area contributed by atoms with Crippen molar-refractivity contribution < 1.29 is 4.79 Å². The fraction of sp³-hybridized carbons (Fsp3) is 0.571. The molecule has 1 N–H and O–H groups in total. The fourth-order valence-electron chi connectivity index (χ4n) is 3.94. The van der Waals surface area contributed by atoms with Gasteiger partial charge in [-0.05, 0) is 42.6 Å². The number of amides is 1. The second-order valence-corrected chi connectivity index (χ2v) is 8.50. The SMILES string of the molecule is CC(C)(C)C1CCC(C(=O)NC(Cn2cncn2)c2ccccc2)CC1. The molecule has 1 fully saturated rings. The molecule has 1 aromatic carbocycles. The number of carbonyl (C=O) groups is 1. The molecule has 5 nitrogen and oxygen atoms in total. The first-order valence-electron chi connectivity index (χ1n) is 9.61. The van der Waals surface area contributed by atoms with Crippen molar-refractivity contribution in [2.45, 2.75) is 59.0 Å². The van der Waals surface area contributed by atoms with Gasteiger partial charge in [0.1, 0.15) is 12.7 Å². The van der Waals surface area contributed by atoms with Crippen molar-refractivity contribution in [2.24, 2.45) is 17.3 Å². The van der Waals surface area contributed by atoms with Crippen molar-refractivity contribution in [1.29, 1.82) is 0 Å². The van der Waals surface area contributed by atoms with Crippen LogP contribution in [-0.4, -0.2) is 20.7 Å². The van der Waals surface area contributed by atoms with Crippen molar-refractivity contribution >= 4 is 5.91 Å². The van der Waals surface area contributed by atoms with Crippen molar-refractivity contribution in [2.75, 3.05) is 0 Å². The summed E-state index contributed by atoms with van der Waals surface area (Å²) < 4.78 is 1.77. The molecule has 1 aliphatic carbocycles. The normalized spacial score (nSPS) is 22.0. The van der Waals surface area contributed by atoms with Crippen LogP contribution in [-0.2, 0) is 11.3 Å². The number of benzene rings is 1. The van der Waals surface area contributed by atoms with E-state index in [4.69, 9.17) is 0 Å². The summed E-state index contributed by atoms with van der Waals surface area (Å²) in [4.78, 5) is 16.9. The van der Waals surface area contributed by atoms with Gasteiger partial charge in [-0.15, -0.1) is 0 Å². The Morgan fingerprint density at radius 3 is 2.46 bits per heavy atom. The number of carbonyl (C=O) groups excluding carboxylic acids is 1. The van der Waals surface area contributed by atoms with E-state index in [-0.39, 0.29) is 17.9 Å². The first kappa shape index (κ1) is 18.6. The summed E-state index contributed by atoms with van der Waals surface area (Å²) in [6.45, 7) is 7.51. The van der Waals surface area contributed by atoms with Gasteiger partial charge in [0.05, 0.1) is 12.6 Å². The lowest BCUT2D eigenvalue weighted by Crippen LogP contribution is -2.38. The third-order valence-electron chi connectivity index (χ3n) is 5.68. The highest BCUT2D eigenvalue weighted by atomic mass is 16.1. The molecule has 0 radical (unpaired) electrons. The third-order valence-corrected chi connectivity index (χ3v) is 5.68. The smallest absolute Gasteiger partial charge is 0.223 e. The van der Waals surface area contributed by atoms with Crippen LogP contribution in [0.25, 0.3) is 0 Å². The lowest BCUT2D eigenvalue weighted by molar-refractivity contribution is -0.127. The fourth-order valence-corrected chi connectivity index (χ4v) is 3.94. The number of hydrogen-bond acceptors (Lipinski definition) is 3. The first-order chi connectivity index (χ1) is 12.4. The average Bonchev–Trinajstić information content (AvgIpc) is 3.14. The van der Waals surface area contributed by atoms with E-state index in [1.54, 1.807) is 11.0 Å². The Bertz CT molecular complexity index is 683. The van der Waals surface area contributed by atoms with Crippen molar-refractivity contribution in [1.82, 2.24) is 20.1 Å². The van der Waals surface area contributed by atoms with Gasteiger partial charge in [-0.1, -0.05) is 51.1 Å². The van der Waals surface area contributed by atoms with Crippen molar-refractivity contribution in [3.63, 3.8) is 0 Å². The van der Waals surface area contributed by atoms with E-state index in [2.05, 4.69) is 48.3 Å². The van der Waals surface area contributed by atoms with E-state index in [0.717, 1.165) is 31.2 Å². The second-order valence-electron chi connectivity index (χ2n) is 8.50. The van der Waals surface area contributed by atoms with E-state index in [1.807, 2.05) is 18.2 Å². The summed E-state index contributed by atoms with van der Waals surface area (Å²) in [6, 6.07) is 10.0. The third kappa shape index (κ3) is 4.71. The van der Waals surface area contributed by atoms with Gasteiger partial charge in [-0.3, -0.25) is 9.48 Å². The predicted molar refractivity (Wildman–Crippen MR) is 102 cm³/mol. The molecule has 1 unspecified atom stereocenters. The van der Waals surface area contributed by atoms with Gasteiger partial charge in [0.25, 0.3) is 0 Å². The van der Waals surface area contributed by atoms with E-state index < -0.39 is 0 Å². The minimum absolute atomic E-state index is 0.0919. The molecule has 0 spiro atoms. The van der Waals surface area contributed by atoms with Crippen LogP contribution in [0.4, 0.5) is 0 Å². The Balaban J connectivity index is 1.64. The summed E-state index contributed by atoms with van der Waals surface area (Å²) >= 11 is 0. The number of rotatable bonds is 5. The maximum Gasteiger partial charge on any atom is 0.223 e.